The molecule has 19 heavy (non-hydrogen) atoms. The number of rotatable bonds is 2. The van der Waals surface area contributed by atoms with Gasteiger partial charge in [0.1, 0.15) is 0 Å². The van der Waals surface area contributed by atoms with Gasteiger partial charge < -0.3 is 5.32 Å². The molecule has 0 aliphatic carbocycles. The second-order valence-electron chi connectivity index (χ2n) is 4.00. The number of nitrogens with one attached hydrogen (secondary N) is 1. The number of carbonyl (C=O) groups is 1. The number of hydrogen-bond donors (Lipinski definition) is 1. The van der Waals surface area contributed by atoms with Crippen LogP contribution < -0.4 is 5.32 Å². The molecule has 0 aromatic heterocycles. The minimum absolute atomic E-state index is 0.222. The molecule has 0 heterocycles. The van der Waals surface area contributed by atoms with Gasteiger partial charge in [-0.25, -0.2) is 0 Å². The van der Waals surface area contributed by atoms with Crippen LogP contribution in [0.4, 0.5) is 5.69 Å². The fraction of sp³-hybridized carbons (Fsp3) is 0.0714. The van der Waals surface area contributed by atoms with E-state index < -0.39 is 0 Å². The summed E-state index contributed by atoms with van der Waals surface area (Å²) in [7, 11) is 0. The molecule has 0 spiro atoms. The van der Waals surface area contributed by atoms with Crippen molar-refractivity contribution in [3.63, 3.8) is 0 Å². The van der Waals surface area contributed by atoms with Gasteiger partial charge >= 0.3 is 0 Å². The predicted octanol–water partition coefficient (Wildman–Crippen LogP) is 5.32. The summed E-state index contributed by atoms with van der Waals surface area (Å²) in [4.78, 5) is 12.1. The van der Waals surface area contributed by atoms with Crippen LogP contribution in [0.3, 0.4) is 0 Å². The van der Waals surface area contributed by atoms with Crippen LogP contribution in [0.15, 0.2) is 40.9 Å². The lowest BCUT2D eigenvalue weighted by atomic mass is 10.1. The molecule has 0 aliphatic rings. The van der Waals surface area contributed by atoms with E-state index in [-0.39, 0.29) is 5.91 Å². The van der Waals surface area contributed by atoms with Gasteiger partial charge in [0.2, 0.25) is 0 Å². The van der Waals surface area contributed by atoms with Gasteiger partial charge in [0, 0.05) is 15.7 Å². The number of benzene rings is 2. The van der Waals surface area contributed by atoms with Crippen molar-refractivity contribution in [2.75, 3.05) is 5.32 Å². The van der Waals surface area contributed by atoms with Crippen LogP contribution in [0.2, 0.25) is 10.0 Å². The van der Waals surface area contributed by atoms with E-state index in [0.29, 0.717) is 15.6 Å². The summed E-state index contributed by atoms with van der Waals surface area (Å²) in [5.41, 5.74) is 2.19. The van der Waals surface area contributed by atoms with Gasteiger partial charge in [-0.3, -0.25) is 4.79 Å². The highest BCUT2D eigenvalue weighted by Gasteiger charge is 2.10. The van der Waals surface area contributed by atoms with Crippen LogP contribution in [0.1, 0.15) is 15.9 Å². The topological polar surface area (TPSA) is 29.1 Å². The Hall–Kier alpha value is -1.03. The van der Waals surface area contributed by atoms with Crippen molar-refractivity contribution in [1.82, 2.24) is 0 Å². The molecule has 0 aliphatic heterocycles. The zero-order valence-corrected chi connectivity index (χ0v) is 13.1. The molecule has 0 saturated carbocycles. The third kappa shape index (κ3) is 3.30. The third-order valence-electron chi connectivity index (χ3n) is 2.70. The van der Waals surface area contributed by atoms with Gasteiger partial charge in [-0.15, -0.1) is 0 Å². The van der Waals surface area contributed by atoms with Crippen LogP contribution in [0.5, 0.6) is 0 Å². The molecule has 2 nitrogen and oxygen atoms in total. The molecule has 0 radical (unpaired) electrons. The number of anilines is 1. The third-order valence-corrected chi connectivity index (χ3v) is 4.30. The zero-order valence-electron chi connectivity index (χ0n) is 10.0. The molecule has 98 valence electrons. The minimum Gasteiger partial charge on any atom is -0.322 e. The molecular weight excluding hydrogens is 349 g/mol. The Morgan fingerprint density at radius 3 is 2.58 bits per heavy atom. The van der Waals surface area contributed by atoms with E-state index in [1.54, 1.807) is 18.2 Å². The number of hydrogen-bond acceptors (Lipinski definition) is 1. The summed E-state index contributed by atoms with van der Waals surface area (Å²) in [6.45, 7) is 1.93. The van der Waals surface area contributed by atoms with E-state index in [1.165, 1.54) is 0 Å². The van der Waals surface area contributed by atoms with E-state index in [1.807, 2.05) is 25.1 Å². The number of amides is 1. The average Bonchev–Trinajstić information content (AvgIpc) is 2.38. The van der Waals surface area contributed by atoms with Gasteiger partial charge in [0.05, 0.1) is 10.0 Å². The maximum atomic E-state index is 12.1. The van der Waals surface area contributed by atoms with Crippen LogP contribution in [0.25, 0.3) is 0 Å². The SMILES string of the molecule is Cc1c(Br)cccc1NC(=O)c1ccc(Cl)c(Cl)c1. The summed E-state index contributed by atoms with van der Waals surface area (Å²) >= 11 is 15.1. The smallest absolute Gasteiger partial charge is 0.255 e. The molecule has 1 N–H and O–H groups in total. The molecule has 5 heteroatoms. The Morgan fingerprint density at radius 1 is 1.16 bits per heavy atom. The van der Waals surface area contributed by atoms with Gasteiger partial charge in [-0.2, -0.15) is 0 Å². The molecule has 2 aromatic carbocycles. The lowest BCUT2D eigenvalue weighted by molar-refractivity contribution is 0.102. The van der Waals surface area contributed by atoms with Gasteiger partial charge in [-0.05, 0) is 42.8 Å². The van der Waals surface area contributed by atoms with Crippen molar-refractivity contribution in [2.24, 2.45) is 0 Å². The van der Waals surface area contributed by atoms with Crippen LogP contribution in [0, 0.1) is 6.92 Å². The first kappa shape index (κ1) is 14.4. The lowest BCUT2D eigenvalue weighted by Gasteiger charge is -2.10. The molecule has 2 aromatic rings. The van der Waals surface area contributed by atoms with Crippen molar-refractivity contribution < 1.29 is 4.79 Å². The highest BCUT2D eigenvalue weighted by molar-refractivity contribution is 9.10. The van der Waals surface area contributed by atoms with Crippen molar-refractivity contribution in [2.45, 2.75) is 6.92 Å². The van der Waals surface area contributed by atoms with Gasteiger partial charge in [-0.1, -0.05) is 45.2 Å². The zero-order chi connectivity index (χ0) is 14.0. The highest BCUT2D eigenvalue weighted by atomic mass is 79.9. The predicted molar refractivity (Wildman–Crippen MR) is 83.3 cm³/mol. The maximum absolute atomic E-state index is 12.1. The summed E-state index contributed by atoms with van der Waals surface area (Å²) in [6.07, 6.45) is 0. The summed E-state index contributed by atoms with van der Waals surface area (Å²) in [5, 5.41) is 3.63. The Balaban J connectivity index is 2.26. The second-order valence-corrected chi connectivity index (χ2v) is 5.66. The van der Waals surface area contributed by atoms with E-state index in [4.69, 9.17) is 23.2 Å². The minimum atomic E-state index is -0.222. The van der Waals surface area contributed by atoms with E-state index in [9.17, 15) is 4.79 Å². The standard InChI is InChI=1S/C14H10BrCl2NO/c1-8-10(15)3-2-4-13(8)18-14(19)9-5-6-11(16)12(17)7-9/h2-7H,1H3,(H,18,19). The quantitative estimate of drug-likeness (QED) is 0.773. The molecule has 0 fully saturated rings. The molecular formula is C14H10BrCl2NO. The normalized spacial score (nSPS) is 10.3. The van der Waals surface area contributed by atoms with E-state index >= 15 is 0 Å². The monoisotopic (exact) mass is 357 g/mol. The molecule has 0 bridgehead atoms. The fourth-order valence-electron chi connectivity index (χ4n) is 1.57. The molecule has 0 unspecified atom stereocenters. The van der Waals surface area contributed by atoms with Crippen LogP contribution in [-0.2, 0) is 0 Å². The van der Waals surface area contributed by atoms with Crippen LogP contribution in [-0.4, -0.2) is 5.91 Å². The van der Waals surface area contributed by atoms with E-state index in [2.05, 4.69) is 21.2 Å². The van der Waals surface area contributed by atoms with Crippen molar-refractivity contribution in [3.8, 4) is 0 Å². The van der Waals surface area contributed by atoms with Gasteiger partial charge in [0.15, 0.2) is 0 Å². The Bertz CT molecular complexity index is 643. The maximum Gasteiger partial charge on any atom is 0.255 e. The van der Waals surface area contributed by atoms with E-state index in [0.717, 1.165) is 15.7 Å². The van der Waals surface area contributed by atoms with Crippen molar-refractivity contribution in [3.05, 3.63) is 62.0 Å². The first-order valence-electron chi connectivity index (χ1n) is 5.50. The molecule has 1 amide bonds. The largest absolute Gasteiger partial charge is 0.322 e. The summed E-state index contributed by atoms with van der Waals surface area (Å²) in [6, 6.07) is 10.4. The lowest BCUT2D eigenvalue weighted by Crippen LogP contribution is -2.12. The van der Waals surface area contributed by atoms with Crippen LogP contribution >= 0.6 is 39.1 Å². The molecule has 0 saturated heterocycles. The van der Waals surface area contributed by atoms with Crippen molar-refractivity contribution in [1.29, 1.82) is 0 Å². The summed E-state index contributed by atoms with van der Waals surface area (Å²) in [5.74, 6) is -0.222. The van der Waals surface area contributed by atoms with Crippen molar-refractivity contribution >= 4 is 50.7 Å². The second kappa shape index (κ2) is 5.95. The molecule has 2 rings (SSSR count). The molecule has 0 atom stereocenters. The number of halogens is 3. The summed E-state index contributed by atoms with van der Waals surface area (Å²) < 4.78 is 0.944. The first-order chi connectivity index (χ1) is 8.99. The Labute approximate surface area is 129 Å². The Kier molecular flexibility index (Phi) is 4.50. The highest BCUT2D eigenvalue weighted by Crippen LogP contribution is 2.25. The average molecular weight is 359 g/mol. The first-order valence-corrected chi connectivity index (χ1v) is 7.05. The fourth-order valence-corrected chi connectivity index (χ4v) is 2.24. The van der Waals surface area contributed by atoms with Gasteiger partial charge in [0.25, 0.3) is 5.91 Å². The Morgan fingerprint density at radius 2 is 1.89 bits per heavy atom. The number of carbonyl (C=O) groups excluding carboxylic acids is 1.